The minimum Gasteiger partial charge on any atom is -0.489 e. The van der Waals surface area contributed by atoms with Crippen LogP contribution in [0, 0.1) is 0 Å². The van der Waals surface area contributed by atoms with E-state index in [1.54, 1.807) is 0 Å². The molecule has 0 bridgehead atoms. The molecule has 0 aliphatic rings. The highest BCUT2D eigenvalue weighted by Crippen LogP contribution is 2.33. The molecule has 17 heavy (non-hydrogen) atoms. The molecule has 0 aliphatic carbocycles. The highest BCUT2D eigenvalue weighted by atomic mass is 79.9. The highest BCUT2D eigenvalue weighted by Gasteiger charge is 2.11. The van der Waals surface area contributed by atoms with Crippen LogP contribution in [0.5, 0.6) is 5.75 Å². The number of rotatable bonds is 6. The van der Waals surface area contributed by atoms with Gasteiger partial charge < -0.3 is 10.1 Å². The van der Waals surface area contributed by atoms with Gasteiger partial charge in [-0.3, -0.25) is 0 Å². The van der Waals surface area contributed by atoms with Crippen LogP contribution in [0.15, 0.2) is 33.7 Å². The summed E-state index contributed by atoms with van der Waals surface area (Å²) in [5.41, 5.74) is 1.13. The van der Waals surface area contributed by atoms with Crippen molar-refractivity contribution < 1.29 is 4.74 Å². The van der Waals surface area contributed by atoms with E-state index in [0.717, 1.165) is 33.3 Å². The molecule has 1 aromatic carbocycles. The smallest absolute Gasteiger partial charge is 0.138 e. The minimum atomic E-state index is 0.158. The van der Waals surface area contributed by atoms with Gasteiger partial charge in [0.25, 0.3) is 0 Å². The number of hydrogen-bond donors (Lipinski definition) is 1. The van der Waals surface area contributed by atoms with Crippen molar-refractivity contribution in [2.75, 3.05) is 6.54 Å². The van der Waals surface area contributed by atoms with E-state index in [4.69, 9.17) is 4.74 Å². The molecule has 1 rings (SSSR count). The maximum absolute atomic E-state index is 5.83. The van der Waals surface area contributed by atoms with Gasteiger partial charge in [-0.05, 0) is 41.9 Å². The summed E-state index contributed by atoms with van der Waals surface area (Å²) in [5.74, 6) is 0.903. The third-order valence-corrected chi connectivity index (χ3v) is 3.09. The van der Waals surface area contributed by atoms with E-state index in [2.05, 4.69) is 49.8 Å². The molecule has 0 spiro atoms. The largest absolute Gasteiger partial charge is 0.489 e. The van der Waals surface area contributed by atoms with Crippen LogP contribution < -0.4 is 10.1 Å². The van der Waals surface area contributed by atoms with Crippen LogP contribution in [0.1, 0.15) is 19.4 Å². The standard InChI is InChI=1S/C13H17Br2NO/c1-4-5-16-8-10-6-11(14)7-12(15)13(10)17-9(2)3/h4,6-7,9,16H,1,5,8H2,2-3H3. The molecule has 0 heterocycles. The van der Waals surface area contributed by atoms with Gasteiger partial charge in [0, 0.05) is 23.1 Å². The van der Waals surface area contributed by atoms with Gasteiger partial charge in [0.2, 0.25) is 0 Å². The fraction of sp³-hybridized carbons (Fsp3) is 0.385. The summed E-state index contributed by atoms with van der Waals surface area (Å²) in [5, 5.41) is 3.28. The average molecular weight is 363 g/mol. The lowest BCUT2D eigenvalue weighted by Crippen LogP contribution is -2.15. The molecule has 2 nitrogen and oxygen atoms in total. The first-order valence-corrected chi connectivity index (χ1v) is 7.09. The van der Waals surface area contributed by atoms with Gasteiger partial charge in [-0.2, -0.15) is 0 Å². The van der Waals surface area contributed by atoms with Gasteiger partial charge in [-0.25, -0.2) is 0 Å². The monoisotopic (exact) mass is 361 g/mol. The Balaban J connectivity index is 2.93. The molecule has 4 heteroatoms. The molecule has 0 radical (unpaired) electrons. The predicted octanol–water partition coefficient (Wildman–Crippen LogP) is 4.27. The summed E-state index contributed by atoms with van der Waals surface area (Å²) in [6.45, 7) is 9.27. The molecular formula is C13H17Br2NO. The average Bonchev–Trinajstić information content (AvgIpc) is 2.23. The Morgan fingerprint density at radius 1 is 1.41 bits per heavy atom. The molecule has 0 amide bonds. The molecule has 94 valence electrons. The molecule has 0 aliphatic heterocycles. The molecule has 1 N–H and O–H groups in total. The van der Waals surface area contributed by atoms with Crippen LogP contribution in [0.2, 0.25) is 0 Å². The number of benzene rings is 1. The Hall–Kier alpha value is -0.320. The Bertz CT molecular complexity index is 391. The van der Waals surface area contributed by atoms with E-state index in [0.29, 0.717) is 0 Å². The van der Waals surface area contributed by atoms with E-state index in [9.17, 15) is 0 Å². The Labute approximate surface area is 120 Å². The summed E-state index contributed by atoms with van der Waals surface area (Å²) in [7, 11) is 0. The van der Waals surface area contributed by atoms with Crippen molar-refractivity contribution in [3.05, 3.63) is 39.3 Å². The molecule has 0 saturated heterocycles. The van der Waals surface area contributed by atoms with Crippen molar-refractivity contribution in [3.63, 3.8) is 0 Å². The van der Waals surface area contributed by atoms with Crippen molar-refractivity contribution in [1.29, 1.82) is 0 Å². The van der Waals surface area contributed by atoms with E-state index in [-0.39, 0.29) is 6.10 Å². The normalized spacial score (nSPS) is 10.6. The number of ether oxygens (including phenoxy) is 1. The molecular weight excluding hydrogens is 346 g/mol. The van der Waals surface area contributed by atoms with Gasteiger partial charge in [-0.15, -0.1) is 6.58 Å². The molecule has 0 unspecified atom stereocenters. The summed E-state index contributed by atoms with van der Waals surface area (Å²) in [4.78, 5) is 0. The predicted molar refractivity (Wildman–Crippen MR) is 79.5 cm³/mol. The van der Waals surface area contributed by atoms with Gasteiger partial charge >= 0.3 is 0 Å². The van der Waals surface area contributed by atoms with Gasteiger partial charge in [0.05, 0.1) is 10.6 Å². The second kappa shape index (κ2) is 7.19. The van der Waals surface area contributed by atoms with Crippen LogP contribution >= 0.6 is 31.9 Å². The fourth-order valence-electron chi connectivity index (χ4n) is 1.42. The van der Waals surface area contributed by atoms with E-state index >= 15 is 0 Å². The van der Waals surface area contributed by atoms with E-state index < -0.39 is 0 Å². The quantitative estimate of drug-likeness (QED) is 0.602. The molecule has 0 fully saturated rings. The first-order valence-electron chi connectivity index (χ1n) is 5.50. The zero-order valence-electron chi connectivity index (χ0n) is 10.1. The summed E-state index contributed by atoms with van der Waals surface area (Å²) in [6.07, 6.45) is 2.00. The van der Waals surface area contributed by atoms with E-state index in [1.807, 2.05) is 26.0 Å². The number of nitrogens with one attached hydrogen (secondary N) is 1. The maximum Gasteiger partial charge on any atom is 0.138 e. The van der Waals surface area contributed by atoms with Crippen molar-refractivity contribution in [3.8, 4) is 5.75 Å². The number of halogens is 2. The summed E-state index contributed by atoms with van der Waals surface area (Å²) < 4.78 is 7.83. The third kappa shape index (κ3) is 4.82. The van der Waals surface area contributed by atoms with Crippen LogP contribution in [-0.4, -0.2) is 12.6 Å². The SMILES string of the molecule is C=CCNCc1cc(Br)cc(Br)c1OC(C)C. The van der Waals surface area contributed by atoms with Crippen LogP contribution in [-0.2, 0) is 6.54 Å². The van der Waals surface area contributed by atoms with Gasteiger partial charge in [-0.1, -0.05) is 22.0 Å². The van der Waals surface area contributed by atoms with Gasteiger partial charge in [0.15, 0.2) is 0 Å². The van der Waals surface area contributed by atoms with Crippen molar-refractivity contribution >= 4 is 31.9 Å². The van der Waals surface area contributed by atoms with E-state index in [1.165, 1.54) is 0 Å². The lowest BCUT2D eigenvalue weighted by molar-refractivity contribution is 0.238. The minimum absolute atomic E-state index is 0.158. The zero-order valence-corrected chi connectivity index (χ0v) is 13.3. The number of hydrogen-bond acceptors (Lipinski definition) is 2. The van der Waals surface area contributed by atoms with Crippen molar-refractivity contribution in [1.82, 2.24) is 5.32 Å². The molecule has 0 atom stereocenters. The van der Waals surface area contributed by atoms with Gasteiger partial charge in [0.1, 0.15) is 5.75 Å². The van der Waals surface area contributed by atoms with Crippen LogP contribution in [0.3, 0.4) is 0 Å². The first kappa shape index (κ1) is 14.7. The zero-order chi connectivity index (χ0) is 12.8. The Morgan fingerprint density at radius 2 is 2.12 bits per heavy atom. The Morgan fingerprint density at radius 3 is 2.71 bits per heavy atom. The molecule has 0 aromatic heterocycles. The lowest BCUT2D eigenvalue weighted by atomic mass is 10.2. The van der Waals surface area contributed by atoms with Crippen LogP contribution in [0.4, 0.5) is 0 Å². The second-order valence-corrected chi connectivity index (χ2v) is 5.73. The lowest BCUT2D eigenvalue weighted by Gasteiger charge is -2.16. The maximum atomic E-state index is 5.83. The van der Waals surface area contributed by atoms with Crippen LogP contribution in [0.25, 0.3) is 0 Å². The topological polar surface area (TPSA) is 21.3 Å². The van der Waals surface area contributed by atoms with Crippen molar-refractivity contribution in [2.45, 2.75) is 26.5 Å². The summed E-state index contributed by atoms with van der Waals surface area (Å²) >= 11 is 7.02. The molecule has 0 saturated carbocycles. The fourth-order valence-corrected chi connectivity index (χ4v) is 2.83. The Kier molecular flexibility index (Phi) is 6.23. The molecule has 1 aromatic rings. The first-order chi connectivity index (χ1) is 8.04. The third-order valence-electron chi connectivity index (χ3n) is 2.04. The van der Waals surface area contributed by atoms with Crippen molar-refractivity contribution in [2.24, 2.45) is 0 Å². The highest BCUT2D eigenvalue weighted by molar-refractivity contribution is 9.11. The second-order valence-electron chi connectivity index (χ2n) is 3.96. The summed E-state index contributed by atoms with van der Waals surface area (Å²) in [6, 6.07) is 4.06.